The van der Waals surface area contributed by atoms with Crippen LogP contribution in [0.4, 0.5) is 11.5 Å². The number of aromatic nitrogens is 2. The summed E-state index contributed by atoms with van der Waals surface area (Å²) in [4.78, 5) is 14.9. The largest absolute Gasteiger partial charge is 0.370 e. The van der Waals surface area contributed by atoms with Crippen molar-refractivity contribution in [3.05, 3.63) is 40.6 Å². The minimum absolute atomic E-state index is 0.230. The van der Waals surface area contributed by atoms with Gasteiger partial charge in [-0.3, -0.25) is 9.89 Å². The molecule has 1 saturated carbocycles. The molecular formula is C21H25N5O. The second-order valence-electron chi connectivity index (χ2n) is 7.58. The standard InChI is InChI=1S/C21H25N5O/c1-14-19(15-6-2-3-7-15)24-25-20(14)23-21(27)16-8-9-18(17(12-16)13-22)26-10-4-5-11-26/h8-9,12,15H,2-7,10-11H2,1H3,(H2,23,24,25,27). The lowest BCUT2D eigenvalue weighted by Gasteiger charge is -2.19. The van der Waals surface area contributed by atoms with Gasteiger partial charge >= 0.3 is 0 Å². The first kappa shape index (κ1) is 17.6. The maximum atomic E-state index is 12.7. The van der Waals surface area contributed by atoms with Crippen molar-refractivity contribution in [2.24, 2.45) is 0 Å². The Morgan fingerprint density at radius 1 is 1.26 bits per heavy atom. The molecule has 1 saturated heterocycles. The Bertz CT molecular complexity index is 882. The van der Waals surface area contributed by atoms with Crippen molar-refractivity contribution in [2.45, 2.75) is 51.4 Å². The molecule has 0 unspecified atom stereocenters. The average Bonchev–Trinajstić information content (AvgIpc) is 3.44. The second-order valence-corrected chi connectivity index (χ2v) is 7.58. The fourth-order valence-corrected chi connectivity index (χ4v) is 4.33. The Labute approximate surface area is 159 Å². The van der Waals surface area contributed by atoms with E-state index in [0.717, 1.165) is 42.9 Å². The highest BCUT2D eigenvalue weighted by atomic mass is 16.1. The zero-order valence-electron chi connectivity index (χ0n) is 15.7. The van der Waals surface area contributed by atoms with Crippen LogP contribution in [0.5, 0.6) is 0 Å². The molecule has 140 valence electrons. The summed E-state index contributed by atoms with van der Waals surface area (Å²) in [7, 11) is 0. The molecular weight excluding hydrogens is 338 g/mol. The molecule has 6 nitrogen and oxygen atoms in total. The van der Waals surface area contributed by atoms with Crippen molar-refractivity contribution in [3.63, 3.8) is 0 Å². The number of carbonyl (C=O) groups excluding carboxylic acids is 1. The van der Waals surface area contributed by atoms with Gasteiger partial charge in [0, 0.05) is 35.8 Å². The molecule has 6 heteroatoms. The summed E-state index contributed by atoms with van der Waals surface area (Å²) in [5.74, 6) is 0.879. The van der Waals surface area contributed by atoms with Gasteiger partial charge in [0.15, 0.2) is 5.82 Å². The smallest absolute Gasteiger partial charge is 0.256 e. The molecule has 2 heterocycles. The van der Waals surface area contributed by atoms with Gasteiger partial charge in [-0.25, -0.2) is 0 Å². The van der Waals surface area contributed by atoms with Gasteiger partial charge < -0.3 is 10.2 Å². The summed E-state index contributed by atoms with van der Waals surface area (Å²) in [5, 5.41) is 19.9. The van der Waals surface area contributed by atoms with Gasteiger partial charge in [-0.15, -0.1) is 0 Å². The Morgan fingerprint density at radius 3 is 2.70 bits per heavy atom. The molecule has 27 heavy (non-hydrogen) atoms. The topological polar surface area (TPSA) is 84.8 Å². The third-order valence-electron chi connectivity index (χ3n) is 5.87. The number of H-pyrrole nitrogens is 1. The van der Waals surface area contributed by atoms with Crippen LogP contribution in [-0.4, -0.2) is 29.2 Å². The number of anilines is 2. The molecule has 2 N–H and O–H groups in total. The minimum Gasteiger partial charge on any atom is -0.370 e. The molecule has 4 rings (SSSR count). The predicted octanol–water partition coefficient (Wildman–Crippen LogP) is 4.10. The lowest BCUT2D eigenvalue weighted by molar-refractivity contribution is 0.102. The summed E-state index contributed by atoms with van der Waals surface area (Å²) in [6.45, 7) is 3.94. The number of rotatable bonds is 4. The van der Waals surface area contributed by atoms with Crippen LogP contribution >= 0.6 is 0 Å². The minimum atomic E-state index is -0.230. The maximum absolute atomic E-state index is 12.7. The molecule has 1 aromatic carbocycles. The summed E-state index contributed by atoms with van der Waals surface area (Å²) in [6.07, 6.45) is 7.17. The highest BCUT2D eigenvalue weighted by Crippen LogP contribution is 2.36. The summed E-state index contributed by atoms with van der Waals surface area (Å²) in [5.41, 5.74) is 4.12. The molecule has 2 aliphatic rings. The second kappa shape index (κ2) is 7.43. The summed E-state index contributed by atoms with van der Waals surface area (Å²) < 4.78 is 0. The van der Waals surface area contributed by atoms with Gasteiger partial charge in [0.25, 0.3) is 5.91 Å². The molecule has 1 aromatic heterocycles. The molecule has 0 bridgehead atoms. The molecule has 1 amide bonds. The van der Waals surface area contributed by atoms with E-state index >= 15 is 0 Å². The fraction of sp³-hybridized carbons (Fsp3) is 0.476. The Kier molecular flexibility index (Phi) is 4.85. The van der Waals surface area contributed by atoms with E-state index in [1.54, 1.807) is 12.1 Å². The van der Waals surface area contributed by atoms with Crippen LogP contribution in [0.25, 0.3) is 0 Å². The SMILES string of the molecule is Cc1c(NC(=O)c2ccc(N3CCCC3)c(C#N)c2)n[nH]c1C1CCCC1. The highest BCUT2D eigenvalue weighted by molar-refractivity contribution is 6.04. The lowest BCUT2D eigenvalue weighted by Crippen LogP contribution is -2.19. The van der Waals surface area contributed by atoms with Gasteiger partial charge in [0.2, 0.25) is 0 Å². The molecule has 0 radical (unpaired) electrons. The number of nitrogens with zero attached hydrogens (tertiary/aromatic N) is 3. The first-order valence-electron chi connectivity index (χ1n) is 9.82. The summed E-state index contributed by atoms with van der Waals surface area (Å²) in [6, 6.07) is 7.61. The quantitative estimate of drug-likeness (QED) is 0.856. The van der Waals surface area contributed by atoms with Gasteiger partial charge in [0.1, 0.15) is 6.07 Å². The average molecular weight is 363 g/mol. The van der Waals surface area contributed by atoms with E-state index in [4.69, 9.17) is 0 Å². The van der Waals surface area contributed by atoms with Gasteiger partial charge in [0.05, 0.1) is 11.3 Å². The number of benzene rings is 1. The number of nitrogens with one attached hydrogen (secondary N) is 2. The lowest BCUT2D eigenvalue weighted by atomic mass is 10.0. The Hall–Kier alpha value is -2.81. The van der Waals surface area contributed by atoms with Gasteiger partial charge in [-0.1, -0.05) is 12.8 Å². The van der Waals surface area contributed by atoms with Gasteiger partial charge in [-0.05, 0) is 50.8 Å². The highest BCUT2D eigenvalue weighted by Gasteiger charge is 2.23. The molecule has 0 spiro atoms. The molecule has 0 atom stereocenters. The van der Waals surface area contributed by atoms with Crippen LogP contribution in [0.2, 0.25) is 0 Å². The van der Waals surface area contributed by atoms with E-state index in [1.807, 2.05) is 13.0 Å². The fourth-order valence-electron chi connectivity index (χ4n) is 4.33. The zero-order chi connectivity index (χ0) is 18.8. The number of amides is 1. The van der Waals surface area contributed by atoms with E-state index in [9.17, 15) is 10.1 Å². The molecule has 2 aromatic rings. The van der Waals surface area contributed by atoms with Crippen molar-refractivity contribution in [2.75, 3.05) is 23.3 Å². The molecule has 1 aliphatic carbocycles. The van der Waals surface area contributed by atoms with Crippen molar-refractivity contribution in [3.8, 4) is 6.07 Å². The van der Waals surface area contributed by atoms with Crippen LogP contribution in [0.3, 0.4) is 0 Å². The Balaban J connectivity index is 1.52. The van der Waals surface area contributed by atoms with E-state index in [-0.39, 0.29) is 5.91 Å². The van der Waals surface area contributed by atoms with E-state index < -0.39 is 0 Å². The Morgan fingerprint density at radius 2 is 2.00 bits per heavy atom. The molecule has 1 aliphatic heterocycles. The first-order valence-corrected chi connectivity index (χ1v) is 9.82. The summed E-state index contributed by atoms with van der Waals surface area (Å²) >= 11 is 0. The van der Waals surface area contributed by atoms with Crippen LogP contribution in [0.15, 0.2) is 18.2 Å². The third kappa shape index (κ3) is 3.42. The van der Waals surface area contributed by atoms with Crippen molar-refractivity contribution < 1.29 is 4.79 Å². The number of hydrogen-bond donors (Lipinski definition) is 2. The number of nitriles is 1. The molecule has 2 fully saturated rings. The number of hydrogen-bond acceptors (Lipinski definition) is 4. The predicted molar refractivity (Wildman–Crippen MR) is 105 cm³/mol. The van der Waals surface area contributed by atoms with Gasteiger partial charge in [-0.2, -0.15) is 10.4 Å². The van der Waals surface area contributed by atoms with E-state index in [2.05, 4.69) is 26.5 Å². The van der Waals surface area contributed by atoms with Crippen LogP contribution in [0.1, 0.15) is 71.6 Å². The van der Waals surface area contributed by atoms with Crippen LogP contribution in [-0.2, 0) is 0 Å². The van der Waals surface area contributed by atoms with Crippen LogP contribution < -0.4 is 10.2 Å². The van der Waals surface area contributed by atoms with Crippen molar-refractivity contribution >= 4 is 17.4 Å². The van der Waals surface area contributed by atoms with Crippen molar-refractivity contribution in [1.29, 1.82) is 5.26 Å². The maximum Gasteiger partial charge on any atom is 0.256 e. The van der Waals surface area contributed by atoms with E-state index in [1.165, 1.54) is 25.7 Å². The van der Waals surface area contributed by atoms with Crippen LogP contribution in [0, 0.1) is 18.3 Å². The monoisotopic (exact) mass is 363 g/mol. The number of aromatic amines is 1. The third-order valence-corrected chi connectivity index (χ3v) is 5.87. The van der Waals surface area contributed by atoms with E-state index in [0.29, 0.717) is 22.9 Å². The number of carbonyl (C=O) groups is 1. The zero-order valence-corrected chi connectivity index (χ0v) is 15.7. The van der Waals surface area contributed by atoms with Crippen molar-refractivity contribution in [1.82, 2.24) is 10.2 Å². The normalized spacial score (nSPS) is 17.3. The first-order chi connectivity index (χ1) is 13.2.